The van der Waals surface area contributed by atoms with Crippen LogP contribution in [0.4, 0.5) is 5.69 Å². The first kappa shape index (κ1) is 8.65. The maximum absolute atomic E-state index is 5.79. The highest BCUT2D eigenvalue weighted by Crippen LogP contribution is 2.34. The van der Waals surface area contributed by atoms with Gasteiger partial charge in [0.1, 0.15) is 0 Å². The topological polar surface area (TPSA) is 26.0 Å². The molecule has 62 valence electrons. The number of hydrogen-bond acceptors (Lipinski definition) is 3. The average molecular weight is 307 g/mol. The fraction of sp³-hybridized carbons (Fsp3) is 0. The van der Waals surface area contributed by atoms with Crippen molar-refractivity contribution in [3.05, 3.63) is 21.1 Å². The van der Waals surface area contributed by atoms with Crippen molar-refractivity contribution in [2.75, 3.05) is 5.73 Å². The molecule has 1 nitrogen and oxygen atoms in total. The van der Waals surface area contributed by atoms with Crippen LogP contribution >= 0.6 is 46.6 Å². The second-order valence-electron chi connectivity index (χ2n) is 2.49. The molecule has 0 saturated carbocycles. The summed E-state index contributed by atoms with van der Waals surface area (Å²) in [6.07, 6.45) is 0. The predicted molar refractivity (Wildman–Crippen MR) is 66.2 cm³/mol. The third kappa shape index (κ3) is 1.31. The van der Waals surface area contributed by atoms with E-state index in [2.05, 4.69) is 41.3 Å². The van der Waals surface area contributed by atoms with E-state index in [1.165, 1.54) is 8.27 Å². The summed E-state index contributed by atoms with van der Waals surface area (Å²) < 4.78 is 2.35. The molecule has 0 fully saturated rings. The Balaban J connectivity index is 2.92. The van der Waals surface area contributed by atoms with Gasteiger partial charge in [-0.15, -0.1) is 24.0 Å². The molecule has 0 aliphatic heterocycles. The molecule has 0 radical (unpaired) electrons. The monoisotopic (exact) mass is 307 g/mol. The number of anilines is 1. The van der Waals surface area contributed by atoms with E-state index in [0.717, 1.165) is 16.0 Å². The number of fused-ring (bicyclic) bond motifs is 1. The molecule has 2 N–H and O–H groups in total. The Morgan fingerprint density at radius 3 is 2.92 bits per heavy atom. The van der Waals surface area contributed by atoms with Gasteiger partial charge in [0, 0.05) is 23.9 Å². The highest BCUT2D eigenvalue weighted by Gasteiger charge is 2.04. The van der Waals surface area contributed by atoms with Gasteiger partial charge in [-0.1, -0.05) is 0 Å². The second kappa shape index (κ2) is 3.08. The van der Waals surface area contributed by atoms with Crippen LogP contribution in [0.1, 0.15) is 0 Å². The van der Waals surface area contributed by atoms with Crippen LogP contribution in [0.2, 0.25) is 0 Å². The van der Waals surface area contributed by atoms with Crippen molar-refractivity contribution in [2.45, 2.75) is 4.90 Å². The minimum atomic E-state index is 0.851. The summed E-state index contributed by atoms with van der Waals surface area (Å²) in [5, 5.41) is 3.08. The third-order valence-corrected chi connectivity index (χ3v) is 3.82. The number of rotatable bonds is 0. The lowest BCUT2D eigenvalue weighted by molar-refractivity contribution is 1.56. The van der Waals surface area contributed by atoms with E-state index in [0.29, 0.717) is 0 Å². The Bertz CT molecular complexity index is 436. The quantitative estimate of drug-likeness (QED) is 0.566. The van der Waals surface area contributed by atoms with E-state index in [1.807, 2.05) is 11.4 Å². The first-order chi connectivity index (χ1) is 5.68. The van der Waals surface area contributed by atoms with Crippen molar-refractivity contribution in [2.24, 2.45) is 0 Å². The number of nitrogen functional groups attached to an aromatic ring is 1. The van der Waals surface area contributed by atoms with Crippen molar-refractivity contribution in [3.63, 3.8) is 0 Å². The molecule has 1 heterocycles. The molecule has 0 unspecified atom stereocenters. The molecule has 0 saturated heterocycles. The minimum Gasteiger partial charge on any atom is -0.398 e. The zero-order valence-electron chi connectivity index (χ0n) is 6.04. The van der Waals surface area contributed by atoms with Gasteiger partial charge in [-0.05, 0) is 34.7 Å². The van der Waals surface area contributed by atoms with Gasteiger partial charge in [0.2, 0.25) is 0 Å². The Morgan fingerprint density at radius 1 is 1.42 bits per heavy atom. The molecule has 0 aliphatic rings. The average Bonchev–Trinajstić information content (AvgIpc) is 2.33. The molecular weight excluding hydrogens is 301 g/mol. The van der Waals surface area contributed by atoms with Crippen LogP contribution < -0.4 is 5.73 Å². The van der Waals surface area contributed by atoms with Gasteiger partial charge in [0.25, 0.3) is 0 Å². The molecule has 0 aliphatic carbocycles. The summed E-state index contributed by atoms with van der Waals surface area (Å²) in [6.45, 7) is 0. The molecule has 1 aromatic carbocycles. The van der Waals surface area contributed by atoms with Gasteiger partial charge >= 0.3 is 0 Å². The van der Waals surface area contributed by atoms with Crippen molar-refractivity contribution in [1.82, 2.24) is 0 Å². The van der Waals surface area contributed by atoms with E-state index in [-0.39, 0.29) is 0 Å². The van der Waals surface area contributed by atoms with Gasteiger partial charge < -0.3 is 5.73 Å². The minimum absolute atomic E-state index is 0.851. The lowest BCUT2D eigenvalue weighted by Gasteiger charge is -1.96. The predicted octanol–water partition coefficient (Wildman–Crippen LogP) is 3.38. The normalized spacial score (nSPS) is 10.8. The summed E-state index contributed by atoms with van der Waals surface area (Å²) >= 11 is 8.30. The van der Waals surface area contributed by atoms with Crippen molar-refractivity contribution >= 4 is 62.3 Å². The molecule has 2 rings (SSSR count). The maximum atomic E-state index is 5.79. The largest absolute Gasteiger partial charge is 0.398 e. The van der Waals surface area contributed by atoms with Crippen LogP contribution in [0, 0.1) is 3.57 Å². The smallest absolute Gasteiger partial charge is 0.0503 e. The zero-order valence-corrected chi connectivity index (χ0v) is 9.91. The number of thiophene rings is 1. The number of hydrogen-bond donors (Lipinski definition) is 2. The fourth-order valence-corrected chi connectivity index (χ4v) is 3.25. The summed E-state index contributed by atoms with van der Waals surface area (Å²) in [5.74, 6) is 0. The van der Waals surface area contributed by atoms with E-state index < -0.39 is 0 Å². The summed E-state index contributed by atoms with van der Waals surface area (Å²) in [6, 6.07) is 4.13. The summed E-state index contributed by atoms with van der Waals surface area (Å²) in [5.41, 5.74) is 6.64. The van der Waals surface area contributed by atoms with E-state index in [9.17, 15) is 0 Å². The molecule has 1 aromatic heterocycles. The van der Waals surface area contributed by atoms with Gasteiger partial charge in [0.05, 0.1) is 5.69 Å². The van der Waals surface area contributed by atoms with E-state index in [4.69, 9.17) is 5.73 Å². The van der Waals surface area contributed by atoms with Crippen LogP contribution in [0.25, 0.3) is 10.1 Å². The standard InChI is InChI=1S/C8H6INS2/c9-4-1-5-6(10)3-12-8(5)7(11)2-4/h1-3,11H,10H2. The molecule has 4 heteroatoms. The number of benzene rings is 1. The molecule has 2 aromatic rings. The van der Waals surface area contributed by atoms with Gasteiger partial charge in [-0.3, -0.25) is 0 Å². The first-order valence-corrected chi connectivity index (χ1v) is 5.74. The van der Waals surface area contributed by atoms with Crippen LogP contribution in [-0.4, -0.2) is 0 Å². The Kier molecular flexibility index (Phi) is 2.22. The van der Waals surface area contributed by atoms with Crippen molar-refractivity contribution in [3.8, 4) is 0 Å². The van der Waals surface area contributed by atoms with Crippen molar-refractivity contribution < 1.29 is 0 Å². The number of thiol groups is 1. The first-order valence-electron chi connectivity index (χ1n) is 3.33. The lowest BCUT2D eigenvalue weighted by atomic mass is 10.2. The van der Waals surface area contributed by atoms with Crippen LogP contribution in [0.15, 0.2) is 22.4 Å². The van der Waals surface area contributed by atoms with Crippen LogP contribution in [0.3, 0.4) is 0 Å². The van der Waals surface area contributed by atoms with Gasteiger partial charge in [-0.2, -0.15) is 0 Å². The highest BCUT2D eigenvalue weighted by molar-refractivity contribution is 14.1. The van der Waals surface area contributed by atoms with Crippen LogP contribution in [-0.2, 0) is 0 Å². The second-order valence-corrected chi connectivity index (χ2v) is 5.10. The van der Waals surface area contributed by atoms with E-state index in [1.54, 1.807) is 11.3 Å². The molecule has 0 bridgehead atoms. The summed E-state index contributed by atoms with van der Waals surface area (Å²) in [4.78, 5) is 1.01. The Labute approximate surface area is 93.5 Å². The van der Waals surface area contributed by atoms with Gasteiger partial charge in [0.15, 0.2) is 0 Å². The Morgan fingerprint density at radius 2 is 2.17 bits per heavy atom. The van der Waals surface area contributed by atoms with E-state index >= 15 is 0 Å². The summed E-state index contributed by atoms with van der Waals surface area (Å²) in [7, 11) is 0. The number of nitrogens with two attached hydrogens (primary N) is 1. The third-order valence-electron chi connectivity index (χ3n) is 1.65. The SMILES string of the molecule is Nc1csc2c(S)cc(I)cc12. The lowest BCUT2D eigenvalue weighted by Crippen LogP contribution is -1.81. The van der Waals surface area contributed by atoms with Gasteiger partial charge in [-0.25, -0.2) is 0 Å². The molecule has 12 heavy (non-hydrogen) atoms. The maximum Gasteiger partial charge on any atom is 0.0503 e. The van der Waals surface area contributed by atoms with Crippen LogP contribution in [0.5, 0.6) is 0 Å². The van der Waals surface area contributed by atoms with Crippen molar-refractivity contribution in [1.29, 1.82) is 0 Å². The molecule has 0 spiro atoms. The molecular formula is C8H6INS2. The highest BCUT2D eigenvalue weighted by atomic mass is 127. The zero-order chi connectivity index (χ0) is 8.72. The molecule has 0 atom stereocenters. The fourth-order valence-electron chi connectivity index (χ4n) is 1.10. The number of halogens is 1. The Hall–Kier alpha value is 0.0600. The molecule has 0 amide bonds.